The molecule has 10 heteroatoms. The number of urea groups is 1. The van der Waals surface area contributed by atoms with Gasteiger partial charge in [-0.3, -0.25) is 9.59 Å². The number of nitrogens with one attached hydrogen (secondary N) is 4. The van der Waals surface area contributed by atoms with Crippen molar-refractivity contribution in [1.82, 2.24) is 16.0 Å². The fraction of sp³-hybridized carbons (Fsp3) is 0.407. The number of ether oxygens (including phenoxy) is 1. The highest BCUT2D eigenvalue weighted by atomic mass is 16.5. The number of nitrogens with two attached hydrogens (primary N) is 1. The number of anilines is 1. The number of rotatable bonds is 13. The SMILES string of the molecule is CCc1ccc(NC(=O)C(CCCNC(N)=O)NC(=O)C(NC(=O)OCc2ccccc2)C(C)C)cc1. The lowest BCUT2D eigenvalue weighted by atomic mass is 10.0. The normalized spacial score (nSPS) is 12.2. The van der Waals surface area contributed by atoms with E-state index in [4.69, 9.17) is 10.5 Å². The average Bonchev–Trinajstić information content (AvgIpc) is 2.88. The second-order valence-electron chi connectivity index (χ2n) is 8.96. The first-order valence-corrected chi connectivity index (χ1v) is 12.4. The van der Waals surface area contributed by atoms with Crippen molar-refractivity contribution in [2.75, 3.05) is 11.9 Å². The Balaban J connectivity index is 2.04. The first-order valence-electron chi connectivity index (χ1n) is 12.4. The van der Waals surface area contributed by atoms with Crippen LogP contribution in [-0.2, 0) is 27.4 Å². The lowest BCUT2D eigenvalue weighted by Crippen LogP contribution is -2.54. The lowest BCUT2D eigenvalue weighted by Gasteiger charge is -2.25. The van der Waals surface area contributed by atoms with Crippen LogP contribution in [0.2, 0.25) is 0 Å². The smallest absolute Gasteiger partial charge is 0.408 e. The van der Waals surface area contributed by atoms with E-state index in [2.05, 4.69) is 21.3 Å². The largest absolute Gasteiger partial charge is 0.445 e. The van der Waals surface area contributed by atoms with Gasteiger partial charge in [-0.2, -0.15) is 0 Å². The summed E-state index contributed by atoms with van der Waals surface area (Å²) < 4.78 is 5.25. The molecule has 0 saturated carbocycles. The van der Waals surface area contributed by atoms with Crippen LogP contribution in [0.1, 0.15) is 44.7 Å². The van der Waals surface area contributed by atoms with Gasteiger partial charge in [0, 0.05) is 12.2 Å². The molecule has 0 fully saturated rings. The molecule has 6 N–H and O–H groups in total. The van der Waals surface area contributed by atoms with Crippen molar-refractivity contribution in [2.45, 2.75) is 58.7 Å². The molecule has 0 aliphatic heterocycles. The number of carbonyl (C=O) groups excluding carboxylic acids is 4. The molecule has 10 nitrogen and oxygen atoms in total. The molecule has 200 valence electrons. The molecule has 0 radical (unpaired) electrons. The van der Waals surface area contributed by atoms with Gasteiger partial charge in [-0.1, -0.05) is 63.2 Å². The van der Waals surface area contributed by atoms with Gasteiger partial charge in [0.2, 0.25) is 11.8 Å². The van der Waals surface area contributed by atoms with E-state index < -0.39 is 36.0 Å². The molecule has 0 saturated heterocycles. The molecule has 0 spiro atoms. The molecule has 37 heavy (non-hydrogen) atoms. The van der Waals surface area contributed by atoms with Gasteiger partial charge < -0.3 is 31.7 Å². The summed E-state index contributed by atoms with van der Waals surface area (Å²) in [4.78, 5) is 49.5. The molecule has 0 aliphatic carbocycles. The Bertz CT molecular complexity index is 1030. The summed E-state index contributed by atoms with van der Waals surface area (Å²) in [5.74, 6) is -1.20. The first-order chi connectivity index (χ1) is 17.7. The minimum Gasteiger partial charge on any atom is -0.445 e. The average molecular weight is 512 g/mol. The fourth-order valence-corrected chi connectivity index (χ4v) is 3.53. The second-order valence-corrected chi connectivity index (χ2v) is 8.96. The van der Waals surface area contributed by atoms with E-state index in [1.54, 1.807) is 26.0 Å². The summed E-state index contributed by atoms with van der Waals surface area (Å²) in [7, 11) is 0. The highest BCUT2D eigenvalue weighted by Crippen LogP contribution is 2.12. The van der Waals surface area contributed by atoms with Gasteiger partial charge in [0.25, 0.3) is 0 Å². The number of primary amides is 1. The molecule has 0 aromatic heterocycles. The third-order valence-corrected chi connectivity index (χ3v) is 5.67. The number of aryl methyl sites for hydroxylation is 1. The number of amides is 5. The van der Waals surface area contributed by atoms with Crippen LogP contribution in [0.25, 0.3) is 0 Å². The zero-order chi connectivity index (χ0) is 27.2. The monoisotopic (exact) mass is 511 g/mol. The van der Waals surface area contributed by atoms with Crippen molar-refractivity contribution in [2.24, 2.45) is 11.7 Å². The van der Waals surface area contributed by atoms with Crippen LogP contribution in [0.3, 0.4) is 0 Å². The zero-order valence-corrected chi connectivity index (χ0v) is 21.6. The topological polar surface area (TPSA) is 152 Å². The minimum atomic E-state index is -0.925. The number of hydrogen-bond acceptors (Lipinski definition) is 5. The first kappa shape index (κ1) is 29.2. The molecule has 0 bridgehead atoms. The summed E-state index contributed by atoms with van der Waals surface area (Å²) in [5, 5.41) is 10.6. The van der Waals surface area contributed by atoms with E-state index in [9.17, 15) is 19.2 Å². The number of carbonyl (C=O) groups is 4. The van der Waals surface area contributed by atoms with Crippen LogP contribution >= 0.6 is 0 Å². The Hall–Kier alpha value is -4.08. The zero-order valence-electron chi connectivity index (χ0n) is 21.6. The quantitative estimate of drug-likeness (QED) is 0.262. The Morgan fingerprint density at radius 1 is 0.892 bits per heavy atom. The maximum Gasteiger partial charge on any atom is 0.408 e. The Morgan fingerprint density at radius 2 is 1.57 bits per heavy atom. The van der Waals surface area contributed by atoms with Gasteiger partial charge in [-0.25, -0.2) is 9.59 Å². The fourth-order valence-electron chi connectivity index (χ4n) is 3.53. The van der Waals surface area contributed by atoms with Gasteiger partial charge in [0.1, 0.15) is 18.7 Å². The Labute approximate surface area is 217 Å². The molecule has 2 aromatic rings. The number of alkyl carbamates (subject to hydrolysis) is 1. The van der Waals surface area contributed by atoms with E-state index in [1.807, 2.05) is 49.4 Å². The molecular weight excluding hydrogens is 474 g/mol. The summed E-state index contributed by atoms with van der Waals surface area (Å²) in [6, 6.07) is 14.1. The van der Waals surface area contributed by atoms with Gasteiger partial charge >= 0.3 is 12.1 Å². The van der Waals surface area contributed by atoms with Crippen molar-refractivity contribution < 1.29 is 23.9 Å². The van der Waals surface area contributed by atoms with E-state index in [0.29, 0.717) is 12.1 Å². The van der Waals surface area contributed by atoms with Crippen molar-refractivity contribution in [3.05, 3.63) is 65.7 Å². The predicted molar refractivity (Wildman–Crippen MR) is 142 cm³/mol. The molecular formula is C27H37N5O5. The van der Waals surface area contributed by atoms with Crippen LogP contribution in [0.5, 0.6) is 0 Å². The minimum absolute atomic E-state index is 0.0633. The maximum atomic E-state index is 13.1. The number of hydrogen-bond donors (Lipinski definition) is 5. The van der Waals surface area contributed by atoms with Crippen molar-refractivity contribution in [1.29, 1.82) is 0 Å². The van der Waals surface area contributed by atoms with Crippen LogP contribution in [0, 0.1) is 5.92 Å². The van der Waals surface area contributed by atoms with Gasteiger partial charge in [-0.15, -0.1) is 0 Å². The van der Waals surface area contributed by atoms with Crippen LogP contribution in [0.4, 0.5) is 15.3 Å². The molecule has 0 heterocycles. The molecule has 2 rings (SSSR count). The van der Waals surface area contributed by atoms with Crippen LogP contribution < -0.4 is 27.0 Å². The summed E-state index contributed by atoms with van der Waals surface area (Å²) >= 11 is 0. The van der Waals surface area contributed by atoms with Crippen molar-refractivity contribution in [3.63, 3.8) is 0 Å². The predicted octanol–water partition coefficient (Wildman–Crippen LogP) is 3.07. The number of benzene rings is 2. The molecule has 2 atom stereocenters. The van der Waals surface area contributed by atoms with E-state index in [0.717, 1.165) is 17.5 Å². The van der Waals surface area contributed by atoms with Gasteiger partial charge in [-0.05, 0) is 48.4 Å². The van der Waals surface area contributed by atoms with E-state index in [1.165, 1.54) is 0 Å². The molecule has 2 aromatic carbocycles. The molecule has 0 aliphatic rings. The third kappa shape index (κ3) is 10.6. The van der Waals surface area contributed by atoms with Crippen LogP contribution in [0.15, 0.2) is 54.6 Å². The standard InChI is InChI=1S/C27H37N5O5/c1-4-19-12-14-21(15-13-19)30-24(33)22(11-8-16-29-26(28)35)31-25(34)23(18(2)3)32-27(36)37-17-20-9-6-5-7-10-20/h5-7,9-10,12-15,18,22-23H,4,8,11,16-17H2,1-3H3,(H,30,33)(H,31,34)(H,32,36)(H3,28,29,35). The second kappa shape index (κ2) is 15.1. The van der Waals surface area contributed by atoms with Gasteiger partial charge in [0.15, 0.2) is 0 Å². The van der Waals surface area contributed by atoms with Gasteiger partial charge in [0.05, 0.1) is 0 Å². The Morgan fingerprint density at radius 3 is 2.16 bits per heavy atom. The third-order valence-electron chi connectivity index (χ3n) is 5.67. The lowest BCUT2D eigenvalue weighted by molar-refractivity contribution is -0.128. The Kier molecular flexibility index (Phi) is 11.9. The van der Waals surface area contributed by atoms with E-state index in [-0.39, 0.29) is 25.5 Å². The molecule has 2 unspecified atom stereocenters. The highest BCUT2D eigenvalue weighted by Gasteiger charge is 2.29. The van der Waals surface area contributed by atoms with E-state index >= 15 is 0 Å². The molecule has 5 amide bonds. The maximum absolute atomic E-state index is 13.1. The van der Waals surface area contributed by atoms with Crippen molar-refractivity contribution in [3.8, 4) is 0 Å². The summed E-state index contributed by atoms with van der Waals surface area (Å²) in [6.07, 6.45) is 0.778. The van der Waals surface area contributed by atoms with Crippen molar-refractivity contribution >= 4 is 29.6 Å². The van der Waals surface area contributed by atoms with Crippen LogP contribution in [-0.4, -0.2) is 42.6 Å². The summed E-state index contributed by atoms with van der Waals surface area (Å²) in [6.45, 7) is 5.91. The summed E-state index contributed by atoms with van der Waals surface area (Å²) in [5.41, 5.74) is 7.65. The highest BCUT2D eigenvalue weighted by molar-refractivity contribution is 5.98.